The largest absolute Gasteiger partial charge is 1.00 e. The van der Waals surface area contributed by atoms with Gasteiger partial charge in [-0.3, -0.25) is 9.83 Å². The molecule has 114 valence electrons. The number of hydrogen-bond acceptors (Lipinski definition) is 6. The molecule has 0 rings (SSSR count). The molecule has 0 heterocycles. The average molecular weight is 316 g/mol. The van der Waals surface area contributed by atoms with Crippen LogP contribution < -0.4 is 34.8 Å². The first-order valence-electron chi connectivity index (χ1n) is 6.95. The summed E-state index contributed by atoms with van der Waals surface area (Å²) in [5.41, 5.74) is 0. The molecule has 0 N–H and O–H groups in total. The molecule has 0 aromatic heterocycles. The van der Waals surface area contributed by atoms with Gasteiger partial charge in [-0.2, -0.15) is 4.33 Å². The Morgan fingerprint density at radius 2 is 1.95 bits per heavy atom. The van der Waals surface area contributed by atoms with Gasteiger partial charge in [0.15, 0.2) is 0 Å². The van der Waals surface area contributed by atoms with E-state index in [-0.39, 0.29) is 47.2 Å². The van der Waals surface area contributed by atoms with Crippen LogP contribution in [0, 0.1) is 5.92 Å². The zero-order valence-electron chi connectivity index (χ0n) is 13.1. The van der Waals surface area contributed by atoms with E-state index in [0.29, 0.717) is 18.9 Å². The van der Waals surface area contributed by atoms with Gasteiger partial charge in [0.2, 0.25) is 0 Å². The molecule has 20 heavy (non-hydrogen) atoms. The fourth-order valence-electron chi connectivity index (χ4n) is 1.67. The van der Waals surface area contributed by atoms with Gasteiger partial charge in [-0.1, -0.05) is 40.0 Å². The van der Waals surface area contributed by atoms with Crippen molar-refractivity contribution in [2.24, 2.45) is 5.92 Å². The van der Waals surface area contributed by atoms with E-state index in [2.05, 4.69) is 23.2 Å². The van der Waals surface area contributed by atoms with Crippen molar-refractivity contribution in [2.75, 3.05) is 6.61 Å². The number of hydrogen-bond donors (Lipinski definition) is 0. The second-order valence-electron chi connectivity index (χ2n) is 4.57. The average Bonchev–Trinajstić information content (AvgIpc) is 2.43. The summed E-state index contributed by atoms with van der Waals surface area (Å²) in [6.45, 7) is 6.66. The molecule has 0 amide bonds. The van der Waals surface area contributed by atoms with Gasteiger partial charge in [0, 0.05) is 17.3 Å². The topological polar surface area (TPSA) is 67.8 Å². The zero-order chi connectivity index (χ0) is 14.5. The van der Waals surface area contributed by atoms with Gasteiger partial charge < -0.3 is 9.99 Å². The van der Waals surface area contributed by atoms with E-state index in [9.17, 15) is 10.1 Å². The minimum Gasteiger partial charge on any atom is -0.691 e. The van der Waals surface area contributed by atoms with Crippen molar-refractivity contribution < 1.29 is 53.7 Å². The summed E-state index contributed by atoms with van der Waals surface area (Å²) in [4.78, 5) is 11.7. The van der Waals surface area contributed by atoms with Crippen molar-refractivity contribution in [2.45, 2.75) is 64.5 Å². The first-order chi connectivity index (χ1) is 9.17. The molecular weight excluding hydrogens is 291 g/mol. The molecule has 0 spiro atoms. The molecule has 0 radical (unpaired) electrons. The number of carbonyl (C=O) groups excluding carboxylic acids is 1. The van der Waals surface area contributed by atoms with Crippen LogP contribution in [-0.4, -0.2) is 17.8 Å². The van der Waals surface area contributed by atoms with Crippen molar-refractivity contribution in [1.29, 1.82) is 0 Å². The predicted octanol–water partition coefficient (Wildman–Crippen LogP) is -0.210. The maximum Gasteiger partial charge on any atom is 1.00 e. The van der Waals surface area contributed by atoms with Gasteiger partial charge in [-0.25, -0.2) is 0 Å². The molecule has 0 aliphatic heterocycles. The maximum absolute atomic E-state index is 11.7. The van der Waals surface area contributed by atoms with Crippen LogP contribution in [0.15, 0.2) is 0 Å². The molecule has 5 nitrogen and oxygen atoms in total. The Labute approximate surface area is 148 Å². The third-order valence-electron chi connectivity index (χ3n) is 3.08. The van der Waals surface area contributed by atoms with Gasteiger partial charge in [-0.05, 0) is 18.8 Å². The molecule has 0 bridgehead atoms. The molecule has 0 aliphatic carbocycles. The minimum absolute atomic E-state index is 0. The summed E-state index contributed by atoms with van der Waals surface area (Å²) >= 11 is 0.868. The second kappa shape index (κ2) is 16.1. The Bertz CT molecular complexity index is 231. The van der Waals surface area contributed by atoms with Crippen molar-refractivity contribution in [1.82, 2.24) is 0 Å². The Morgan fingerprint density at radius 3 is 2.45 bits per heavy atom. The van der Waals surface area contributed by atoms with E-state index in [1.54, 1.807) is 0 Å². The zero-order valence-corrected chi connectivity index (χ0v) is 15.9. The van der Waals surface area contributed by atoms with E-state index in [1.807, 2.05) is 6.92 Å². The van der Waals surface area contributed by atoms with Gasteiger partial charge in [-0.15, -0.1) is 0 Å². The third kappa shape index (κ3) is 12.4. The number of ether oxygens (including phenoxy) is 1. The SMILES string of the molecule is CCCCC(CC)COC(=O)CC(CC)SOO[O-].[Na+]. The summed E-state index contributed by atoms with van der Waals surface area (Å²) in [6.07, 6.45) is 5.38. The molecule has 0 saturated carbocycles. The minimum atomic E-state index is -0.246. The van der Waals surface area contributed by atoms with Gasteiger partial charge >= 0.3 is 35.5 Å². The van der Waals surface area contributed by atoms with Gasteiger partial charge in [0.25, 0.3) is 0 Å². The molecule has 2 unspecified atom stereocenters. The number of carbonyl (C=O) groups is 1. The number of rotatable bonds is 12. The normalized spacial score (nSPS) is 13.4. The van der Waals surface area contributed by atoms with E-state index in [1.165, 1.54) is 0 Å². The van der Waals surface area contributed by atoms with Crippen LogP contribution in [0.5, 0.6) is 0 Å². The number of esters is 1. The van der Waals surface area contributed by atoms with Crippen LogP contribution in [0.25, 0.3) is 0 Å². The van der Waals surface area contributed by atoms with Crippen molar-refractivity contribution >= 4 is 18.0 Å². The van der Waals surface area contributed by atoms with Crippen LogP contribution in [0.2, 0.25) is 0 Å². The first-order valence-corrected chi connectivity index (χ1v) is 7.75. The molecule has 2 atom stereocenters. The van der Waals surface area contributed by atoms with Crippen LogP contribution >= 0.6 is 12.0 Å². The summed E-state index contributed by atoms with van der Waals surface area (Å²) in [6, 6.07) is 0. The molecule has 0 aromatic carbocycles. The van der Waals surface area contributed by atoms with Crippen LogP contribution in [0.1, 0.15) is 59.3 Å². The molecule has 0 aliphatic rings. The molecule has 0 aromatic rings. The maximum atomic E-state index is 11.7. The molecular formula is C13H25NaO5S. The Kier molecular flexibility index (Phi) is 18.5. The van der Waals surface area contributed by atoms with Crippen LogP contribution in [-0.2, 0) is 18.9 Å². The van der Waals surface area contributed by atoms with E-state index >= 15 is 0 Å². The smallest absolute Gasteiger partial charge is 0.691 e. The van der Waals surface area contributed by atoms with Crippen LogP contribution in [0.4, 0.5) is 0 Å². The first kappa shape index (κ1) is 23.0. The fourth-order valence-corrected chi connectivity index (χ4v) is 2.16. The second-order valence-corrected chi connectivity index (χ2v) is 5.56. The Hall–Kier alpha value is 0.700. The monoisotopic (exact) mass is 316 g/mol. The molecule has 0 saturated heterocycles. The standard InChI is InChI=1S/C13H26O5S.Na/c1-4-7-8-11(5-2)10-16-13(14)9-12(6-3)19-18-17-15;/h11-12,15H,4-10H2,1-3H3;/q;+1/p-1. The fraction of sp³-hybridized carbons (Fsp3) is 0.923. The van der Waals surface area contributed by atoms with Gasteiger partial charge in [0.05, 0.1) is 13.0 Å². The van der Waals surface area contributed by atoms with E-state index in [0.717, 1.165) is 37.7 Å². The molecule has 7 heteroatoms. The van der Waals surface area contributed by atoms with Crippen molar-refractivity contribution in [3.63, 3.8) is 0 Å². The van der Waals surface area contributed by atoms with E-state index in [4.69, 9.17) is 4.74 Å². The van der Waals surface area contributed by atoms with Crippen molar-refractivity contribution in [3.05, 3.63) is 0 Å². The summed E-state index contributed by atoms with van der Waals surface area (Å²) in [5, 5.41) is 12.9. The Morgan fingerprint density at radius 1 is 1.25 bits per heavy atom. The Balaban J connectivity index is 0. The summed E-state index contributed by atoms with van der Waals surface area (Å²) < 4.78 is 9.52. The third-order valence-corrected chi connectivity index (χ3v) is 3.98. The molecule has 0 fully saturated rings. The van der Waals surface area contributed by atoms with Gasteiger partial charge in [0.1, 0.15) is 0 Å². The quantitative estimate of drug-likeness (QED) is 0.163. The predicted molar refractivity (Wildman–Crippen MR) is 72.7 cm³/mol. The van der Waals surface area contributed by atoms with Crippen LogP contribution in [0.3, 0.4) is 0 Å². The van der Waals surface area contributed by atoms with Crippen molar-refractivity contribution in [3.8, 4) is 0 Å². The van der Waals surface area contributed by atoms with E-state index < -0.39 is 0 Å². The summed E-state index contributed by atoms with van der Waals surface area (Å²) in [5.74, 6) is 0.196. The number of unbranched alkanes of at least 4 members (excludes halogenated alkanes) is 1. The summed E-state index contributed by atoms with van der Waals surface area (Å²) in [7, 11) is 0.